The van der Waals surface area contributed by atoms with Gasteiger partial charge in [-0.05, 0) is 47.7 Å². The Morgan fingerprint density at radius 3 is 2.44 bits per heavy atom. The van der Waals surface area contributed by atoms with Crippen LogP contribution in [0, 0.1) is 0 Å². The van der Waals surface area contributed by atoms with E-state index in [-0.39, 0.29) is 24.3 Å². The summed E-state index contributed by atoms with van der Waals surface area (Å²) in [5.41, 5.74) is 0.749. The third-order valence-corrected chi connectivity index (χ3v) is 4.81. The van der Waals surface area contributed by atoms with Crippen molar-refractivity contribution in [2.75, 3.05) is 27.4 Å². The van der Waals surface area contributed by atoms with Crippen molar-refractivity contribution >= 4 is 29.0 Å². The Morgan fingerprint density at radius 1 is 1.00 bits per heavy atom. The maximum atomic E-state index is 12.5. The van der Waals surface area contributed by atoms with Gasteiger partial charge in [0.05, 0.1) is 25.7 Å². The molecule has 0 saturated carbocycles. The lowest BCUT2D eigenvalue weighted by Crippen LogP contribution is -2.32. The molecule has 27 heavy (non-hydrogen) atoms. The van der Waals surface area contributed by atoms with Gasteiger partial charge >= 0.3 is 0 Å². The molecule has 3 rings (SSSR count). The monoisotopic (exact) mass is 385 g/mol. The Kier molecular flexibility index (Phi) is 6.03. The van der Waals surface area contributed by atoms with Gasteiger partial charge in [-0.1, -0.05) is 24.3 Å². The number of hydrogen-bond acceptors (Lipinski definition) is 6. The highest BCUT2D eigenvalue weighted by atomic mass is 32.2. The first kappa shape index (κ1) is 18.8. The Bertz CT molecular complexity index is 866. The Balaban J connectivity index is 1.67. The summed E-state index contributed by atoms with van der Waals surface area (Å²) < 4.78 is 16.0. The van der Waals surface area contributed by atoms with Gasteiger partial charge in [0.1, 0.15) is 12.4 Å². The number of nitrogens with zero attached hydrogens (tertiary/aromatic N) is 1. The van der Waals surface area contributed by atoms with E-state index in [0.717, 1.165) is 17.3 Å². The van der Waals surface area contributed by atoms with E-state index in [1.807, 2.05) is 30.3 Å². The summed E-state index contributed by atoms with van der Waals surface area (Å²) in [7, 11) is 3.10. The topological polar surface area (TPSA) is 65.1 Å². The zero-order valence-corrected chi connectivity index (χ0v) is 15.8. The summed E-state index contributed by atoms with van der Waals surface area (Å²) in [4.78, 5) is 26.3. The fourth-order valence-electron chi connectivity index (χ4n) is 2.56. The fraction of sp³-hybridized carbons (Fsp3) is 0.200. The molecule has 0 aromatic heterocycles. The van der Waals surface area contributed by atoms with E-state index in [4.69, 9.17) is 14.2 Å². The first-order chi connectivity index (χ1) is 13.1. The zero-order valence-electron chi connectivity index (χ0n) is 15.0. The number of thioether (sulfide) groups is 1. The van der Waals surface area contributed by atoms with Crippen LogP contribution in [-0.2, 0) is 4.79 Å². The van der Waals surface area contributed by atoms with Crippen LogP contribution in [0.3, 0.4) is 0 Å². The van der Waals surface area contributed by atoms with E-state index < -0.39 is 0 Å². The minimum Gasteiger partial charge on any atom is -0.493 e. The van der Waals surface area contributed by atoms with Gasteiger partial charge in [0, 0.05) is 0 Å². The molecule has 7 heteroatoms. The lowest BCUT2D eigenvalue weighted by Gasteiger charge is -2.13. The van der Waals surface area contributed by atoms with Crippen LogP contribution in [0.15, 0.2) is 53.4 Å². The average Bonchev–Trinajstić information content (AvgIpc) is 2.96. The molecule has 0 aliphatic carbocycles. The van der Waals surface area contributed by atoms with Crippen molar-refractivity contribution in [1.82, 2.24) is 4.90 Å². The molecule has 2 aromatic carbocycles. The van der Waals surface area contributed by atoms with E-state index in [9.17, 15) is 9.59 Å². The second kappa shape index (κ2) is 8.64. The lowest BCUT2D eigenvalue weighted by atomic mass is 10.2. The Morgan fingerprint density at radius 2 is 1.74 bits per heavy atom. The van der Waals surface area contributed by atoms with Gasteiger partial charge in [0.2, 0.25) is 0 Å². The molecule has 0 atom stereocenters. The van der Waals surface area contributed by atoms with E-state index in [0.29, 0.717) is 22.2 Å². The minimum atomic E-state index is -0.323. The van der Waals surface area contributed by atoms with Gasteiger partial charge < -0.3 is 14.2 Å². The van der Waals surface area contributed by atoms with E-state index in [1.54, 1.807) is 38.5 Å². The largest absolute Gasteiger partial charge is 0.493 e. The molecule has 1 saturated heterocycles. The molecule has 0 radical (unpaired) electrons. The summed E-state index contributed by atoms with van der Waals surface area (Å²) in [6.07, 6.45) is 1.67. The lowest BCUT2D eigenvalue weighted by molar-refractivity contribution is -0.123. The van der Waals surface area contributed by atoms with Crippen molar-refractivity contribution in [1.29, 1.82) is 0 Å². The summed E-state index contributed by atoms with van der Waals surface area (Å²) in [6, 6.07) is 14.6. The number of methoxy groups -OCH3 is 2. The fourth-order valence-corrected chi connectivity index (χ4v) is 3.42. The zero-order chi connectivity index (χ0) is 19.2. The number of imide groups is 1. The first-order valence-electron chi connectivity index (χ1n) is 8.27. The van der Waals surface area contributed by atoms with Crippen LogP contribution in [0.5, 0.6) is 17.2 Å². The predicted molar refractivity (Wildman–Crippen MR) is 104 cm³/mol. The second-order valence-electron chi connectivity index (χ2n) is 5.61. The summed E-state index contributed by atoms with van der Waals surface area (Å²) in [5.74, 6) is 1.53. The van der Waals surface area contributed by atoms with Gasteiger partial charge in [0.15, 0.2) is 11.5 Å². The van der Waals surface area contributed by atoms with Crippen molar-refractivity contribution in [3.8, 4) is 17.2 Å². The second-order valence-corrected chi connectivity index (χ2v) is 6.60. The number of rotatable bonds is 7. The van der Waals surface area contributed by atoms with Crippen LogP contribution < -0.4 is 14.2 Å². The van der Waals surface area contributed by atoms with Gasteiger partial charge in [0.25, 0.3) is 11.1 Å². The molecule has 0 N–H and O–H groups in total. The molecular weight excluding hydrogens is 366 g/mol. The number of hydrogen-bond donors (Lipinski definition) is 0. The smallest absolute Gasteiger partial charge is 0.293 e. The van der Waals surface area contributed by atoms with Crippen LogP contribution in [0.2, 0.25) is 0 Å². The van der Waals surface area contributed by atoms with E-state index >= 15 is 0 Å². The van der Waals surface area contributed by atoms with Crippen molar-refractivity contribution < 1.29 is 23.8 Å². The molecule has 0 bridgehead atoms. The van der Waals surface area contributed by atoms with Gasteiger partial charge in [-0.3, -0.25) is 14.5 Å². The van der Waals surface area contributed by atoms with Crippen LogP contribution in [0.4, 0.5) is 4.79 Å². The minimum absolute atomic E-state index is 0.197. The normalized spacial score (nSPS) is 15.3. The summed E-state index contributed by atoms with van der Waals surface area (Å²) in [5, 5.41) is -0.302. The van der Waals surface area contributed by atoms with Crippen molar-refractivity contribution in [2.45, 2.75) is 0 Å². The quantitative estimate of drug-likeness (QED) is 0.675. The van der Waals surface area contributed by atoms with Gasteiger partial charge in [-0.15, -0.1) is 0 Å². The highest BCUT2D eigenvalue weighted by Gasteiger charge is 2.34. The number of carbonyl (C=O) groups excluding carboxylic acids is 2. The van der Waals surface area contributed by atoms with Crippen molar-refractivity contribution in [2.24, 2.45) is 0 Å². The van der Waals surface area contributed by atoms with Crippen LogP contribution in [0.1, 0.15) is 5.56 Å². The maximum absolute atomic E-state index is 12.5. The van der Waals surface area contributed by atoms with Crippen LogP contribution >= 0.6 is 11.8 Å². The Hall–Kier alpha value is -2.93. The standard InChI is InChI=1S/C20H19NO5S/c1-24-16-9-8-14(12-17(16)25-2)13-18-19(22)21(20(23)27-18)10-11-26-15-6-4-3-5-7-15/h3-9,12-13H,10-11H2,1-2H3/b18-13-. The van der Waals surface area contributed by atoms with Crippen molar-refractivity contribution in [3.05, 3.63) is 59.0 Å². The van der Waals surface area contributed by atoms with Gasteiger partial charge in [-0.2, -0.15) is 0 Å². The molecule has 0 spiro atoms. The van der Waals surface area contributed by atoms with E-state index in [1.165, 1.54) is 4.90 Å². The van der Waals surface area contributed by atoms with Gasteiger partial charge in [-0.25, -0.2) is 0 Å². The number of benzene rings is 2. The van der Waals surface area contributed by atoms with E-state index in [2.05, 4.69) is 0 Å². The molecule has 1 aliphatic rings. The predicted octanol–water partition coefficient (Wildman–Crippen LogP) is 3.82. The maximum Gasteiger partial charge on any atom is 0.293 e. The molecule has 140 valence electrons. The SMILES string of the molecule is COc1ccc(/C=C2\SC(=O)N(CCOc3ccccc3)C2=O)cc1OC. The molecular formula is C20H19NO5S. The number of ether oxygens (including phenoxy) is 3. The highest BCUT2D eigenvalue weighted by molar-refractivity contribution is 8.18. The molecule has 2 aromatic rings. The van der Waals surface area contributed by atoms with Crippen LogP contribution in [0.25, 0.3) is 6.08 Å². The number of carbonyl (C=O) groups is 2. The molecule has 1 heterocycles. The molecule has 0 unspecified atom stereocenters. The molecule has 1 aliphatic heterocycles. The van der Waals surface area contributed by atoms with Crippen LogP contribution in [-0.4, -0.2) is 43.4 Å². The average molecular weight is 385 g/mol. The number of amides is 2. The summed E-state index contributed by atoms with van der Waals surface area (Å²) in [6.45, 7) is 0.439. The highest BCUT2D eigenvalue weighted by Crippen LogP contribution is 2.34. The molecule has 1 fully saturated rings. The van der Waals surface area contributed by atoms with Crippen molar-refractivity contribution in [3.63, 3.8) is 0 Å². The molecule has 2 amide bonds. The Labute approximate surface area is 161 Å². The number of para-hydroxylation sites is 1. The first-order valence-corrected chi connectivity index (χ1v) is 9.09. The third-order valence-electron chi connectivity index (χ3n) is 3.91. The summed E-state index contributed by atoms with van der Waals surface area (Å²) >= 11 is 0.917. The molecule has 6 nitrogen and oxygen atoms in total. The third kappa shape index (κ3) is 4.43.